The number of amides is 1. The van der Waals surface area contributed by atoms with Crippen LogP contribution in [-0.4, -0.2) is 10.9 Å². The number of hydrogen-bond donors (Lipinski definition) is 2. The van der Waals surface area contributed by atoms with Crippen LogP contribution in [0.15, 0.2) is 54.6 Å². The molecule has 0 radical (unpaired) electrons. The van der Waals surface area contributed by atoms with E-state index < -0.39 is 0 Å². The average Bonchev–Trinajstić information content (AvgIpc) is 2.87. The Morgan fingerprint density at radius 1 is 1.10 bits per heavy atom. The predicted molar refractivity (Wildman–Crippen MR) is 75.9 cm³/mol. The molecule has 3 nitrogen and oxygen atoms in total. The topological polar surface area (TPSA) is 44.9 Å². The van der Waals surface area contributed by atoms with Gasteiger partial charge in [0.2, 0.25) is 0 Å². The van der Waals surface area contributed by atoms with Crippen molar-refractivity contribution >= 4 is 16.8 Å². The lowest BCUT2D eigenvalue weighted by Crippen LogP contribution is -2.22. The summed E-state index contributed by atoms with van der Waals surface area (Å²) in [6.07, 6.45) is 0. The van der Waals surface area contributed by atoms with Crippen molar-refractivity contribution in [2.75, 3.05) is 0 Å². The molecule has 0 saturated heterocycles. The molecule has 20 heavy (non-hydrogen) atoms. The van der Waals surface area contributed by atoms with E-state index in [1.807, 2.05) is 24.3 Å². The van der Waals surface area contributed by atoms with Gasteiger partial charge in [0, 0.05) is 22.2 Å². The fourth-order valence-electron chi connectivity index (χ4n) is 2.13. The molecule has 0 atom stereocenters. The fraction of sp³-hybridized carbons (Fsp3) is 0.0625. The molecule has 2 aromatic carbocycles. The Bertz CT molecular complexity index is 750. The Kier molecular flexibility index (Phi) is 3.21. The summed E-state index contributed by atoms with van der Waals surface area (Å²) < 4.78 is 13.1. The van der Waals surface area contributed by atoms with Gasteiger partial charge in [-0.1, -0.05) is 18.2 Å². The predicted octanol–water partition coefficient (Wildman–Crippen LogP) is 3.24. The van der Waals surface area contributed by atoms with Crippen LogP contribution >= 0.6 is 0 Å². The maximum Gasteiger partial charge on any atom is 0.251 e. The van der Waals surface area contributed by atoms with Crippen molar-refractivity contribution in [1.29, 1.82) is 0 Å². The molecule has 0 spiro atoms. The quantitative estimate of drug-likeness (QED) is 0.752. The van der Waals surface area contributed by atoms with Gasteiger partial charge in [-0.25, -0.2) is 4.39 Å². The monoisotopic (exact) mass is 268 g/mol. The Morgan fingerprint density at radius 2 is 1.90 bits per heavy atom. The molecule has 3 rings (SSSR count). The highest BCUT2D eigenvalue weighted by atomic mass is 19.1. The zero-order valence-electron chi connectivity index (χ0n) is 10.7. The molecule has 100 valence electrons. The van der Waals surface area contributed by atoms with Gasteiger partial charge in [0.25, 0.3) is 5.91 Å². The van der Waals surface area contributed by atoms with Crippen LogP contribution in [-0.2, 0) is 6.54 Å². The first-order chi connectivity index (χ1) is 9.72. The lowest BCUT2D eigenvalue weighted by Gasteiger charge is -2.03. The van der Waals surface area contributed by atoms with Crippen LogP contribution in [0.1, 0.15) is 16.1 Å². The molecule has 0 unspecified atom stereocenters. The SMILES string of the molecule is O=C(NCc1cc2cc(F)ccc2[nH]1)c1ccccc1. The third kappa shape index (κ3) is 2.54. The van der Waals surface area contributed by atoms with Crippen molar-refractivity contribution in [1.82, 2.24) is 10.3 Å². The summed E-state index contributed by atoms with van der Waals surface area (Å²) in [6.45, 7) is 0.379. The average molecular weight is 268 g/mol. The summed E-state index contributed by atoms with van der Waals surface area (Å²) >= 11 is 0. The zero-order chi connectivity index (χ0) is 13.9. The number of carbonyl (C=O) groups is 1. The third-order valence-corrected chi connectivity index (χ3v) is 3.11. The number of carbonyl (C=O) groups excluding carboxylic acids is 1. The van der Waals surface area contributed by atoms with Crippen LogP contribution in [0.2, 0.25) is 0 Å². The van der Waals surface area contributed by atoms with Gasteiger partial charge in [0.15, 0.2) is 0 Å². The zero-order valence-corrected chi connectivity index (χ0v) is 10.7. The van der Waals surface area contributed by atoms with Crippen molar-refractivity contribution in [3.05, 3.63) is 71.7 Å². The number of halogens is 1. The van der Waals surface area contributed by atoms with Crippen molar-refractivity contribution < 1.29 is 9.18 Å². The van der Waals surface area contributed by atoms with Crippen LogP contribution in [0.3, 0.4) is 0 Å². The molecule has 1 heterocycles. The molecule has 0 aliphatic rings. The summed E-state index contributed by atoms with van der Waals surface area (Å²) in [5.74, 6) is -0.396. The van der Waals surface area contributed by atoms with Gasteiger partial charge in [-0.15, -0.1) is 0 Å². The van der Waals surface area contributed by atoms with E-state index >= 15 is 0 Å². The Balaban J connectivity index is 1.72. The van der Waals surface area contributed by atoms with E-state index in [1.54, 1.807) is 18.2 Å². The van der Waals surface area contributed by atoms with E-state index in [4.69, 9.17) is 0 Å². The molecule has 0 saturated carbocycles. The number of aromatic nitrogens is 1. The van der Waals surface area contributed by atoms with Crippen LogP contribution in [0.25, 0.3) is 10.9 Å². The van der Waals surface area contributed by atoms with E-state index in [9.17, 15) is 9.18 Å². The summed E-state index contributed by atoms with van der Waals surface area (Å²) in [7, 11) is 0. The highest BCUT2D eigenvalue weighted by molar-refractivity contribution is 5.94. The minimum Gasteiger partial charge on any atom is -0.357 e. The molecule has 1 amide bonds. The molecule has 4 heteroatoms. The molecule has 2 N–H and O–H groups in total. The Morgan fingerprint density at radius 3 is 2.70 bits per heavy atom. The molecular weight excluding hydrogens is 255 g/mol. The first kappa shape index (κ1) is 12.4. The number of nitrogens with one attached hydrogen (secondary N) is 2. The summed E-state index contributed by atoms with van der Waals surface area (Å²) in [5, 5.41) is 3.63. The van der Waals surface area contributed by atoms with E-state index in [2.05, 4.69) is 10.3 Å². The molecule has 0 aliphatic heterocycles. The highest BCUT2D eigenvalue weighted by Crippen LogP contribution is 2.16. The third-order valence-electron chi connectivity index (χ3n) is 3.11. The lowest BCUT2D eigenvalue weighted by molar-refractivity contribution is 0.0950. The second kappa shape index (κ2) is 5.17. The van der Waals surface area contributed by atoms with Gasteiger partial charge >= 0.3 is 0 Å². The van der Waals surface area contributed by atoms with E-state index in [0.29, 0.717) is 12.1 Å². The smallest absolute Gasteiger partial charge is 0.251 e. The van der Waals surface area contributed by atoms with Crippen LogP contribution in [0.5, 0.6) is 0 Å². The lowest BCUT2D eigenvalue weighted by atomic mass is 10.2. The summed E-state index contributed by atoms with van der Waals surface area (Å²) in [4.78, 5) is 15.1. The number of benzene rings is 2. The van der Waals surface area contributed by atoms with Gasteiger partial charge in [-0.2, -0.15) is 0 Å². The molecular formula is C16H13FN2O. The first-order valence-corrected chi connectivity index (χ1v) is 6.33. The van der Waals surface area contributed by atoms with E-state index in [0.717, 1.165) is 16.6 Å². The summed E-state index contributed by atoms with van der Waals surface area (Å²) in [5.41, 5.74) is 2.32. The normalized spacial score (nSPS) is 10.7. The molecule has 1 aromatic heterocycles. The van der Waals surface area contributed by atoms with Crippen molar-refractivity contribution in [2.24, 2.45) is 0 Å². The molecule has 0 fully saturated rings. The van der Waals surface area contributed by atoms with E-state index in [-0.39, 0.29) is 11.7 Å². The minimum absolute atomic E-state index is 0.129. The van der Waals surface area contributed by atoms with Crippen LogP contribution in [0.4, 0.5) is 4.39 Å². The highest BCUT2D eigenvalue weighted by Gasteiger charge is 2.06. The van der Waals surface area contributed by atoms with Crippen molar-refractivity contribution in [3.63, 3.8) is 0 Å². The standard InChI is InChI=1S/C16H13FN2O/c17-13-6-7-15-12(8-13)9-14(19-15)10-18-16(20)11-4-2-1-3-5-11/h1-9,19H,10H2,(H,18,20). The second-order valence-electron chi connectivity index (χ2n) is 4.57. The maximum absolute atomic E-state index is 13.1. The van der Waals surface area contributed by atoms with Gasteiger partial charge in [-0.3, -0.25) is 4.79 Å². The molecule has 0 aliphatic carbocycles. The molecule has 0 bridgehead atoms. The number of fused-ring (bicyclic) bond motifs is 1. The number of H-pyrrole nitrogens is 1. The second-order valence-corrected chi connectivity index (χ2v) is 4.57. The van der Waals surface area contributed by atoms with Crippen molar-refractivity contribution in [3.8, 4) is 0 Å². The number of rotatable bonds is 3. The first-order valence-electron chi connectivity index (χ1n) is 6.33. The minimum atomic E-state index is -0.267. The summed E-state index contributed by atoms with van der Waals surface area (Å²) in [6, 6.07) is 15.4. The van der Waals surface area contributed by atoms with Gasteiger partial charge < -0.3 is 10.3 Å². The Labute approximate surface area is 115 Å². The Hall–Kier alpha value is -2.62. The van der Waals surface area contributed by atoms with Gasteiger partial charge in [-0.05, 0) is 36.4 Å². The van der Waals surface area contributed by atoms with Gasteiger partial charge in [0.05, 0.1) is 6.54 Å². The maximum atomic E-state index is 13.1. The fourth-order valence-corrected chi connectivity index (χ4v) is 2.13. The number of hydrogen-bond acceptors (Lipinski definition) is 1. The van der Waals surface area contributed by atoms with Crippen LogP contribution in [0, 0.1) is 5.82 Å². The van der Waals surface area contributed by atoms with Gasteiger partial charge in [0.1, 0.15) is 5.82 Å². The van der Waals surface area contributed by atoms with Crippen molar-refractivity contribution in [2.45, 2.75) is 6.54 Å². The molecule has 3 aromatic rings. The number of aromatic amines is 1. The van der Waals surface area contributed by atoms with Crippen LogP contribution < -0.4 is 5.32 Å². The van der Waals surface area contributed by atoms with E-state index in [1.165, 1.54) is 12.1 Å². The largest absolute Gasteiger partial charge is 0.357 e.